The van der Waals surface area contributed by atoms with E-state index >= 15 is 0 Å². The smallest absolute Gasteiger partial charge is 0.313 e. The van der Waals surface area contributed by atoms with Gasteiger partial charge in [-0.25, -0.2) is 0 Å². The number of nitrogens with zero attached hydrogens (tertiary/aromatic N) is 1. The van der Waals surface area contributed by atoms with E-state index in [1.807, 2.05) is 6.92 Å². The van der Waals surface area contributed by atoms with E-state index in [0.29, 0.717) is 31.5 Å². The molecule has 3 rings (SSSR count). The van der Waals surface area contributed by atoms with Crippen molar-refractivity contribution in [2.45, 2.75) is 38.0 Å². The van der Waals surface area contributed by atoms with Crippen LogP contribution in [0.5, 0.6) is 0 Å². The van der Waals surface area contributed by atoms with Crippen LogP contribution in [0.15, 0.2) is 24.3 Å². The van der Waals surface area contributed by atoms with Crippen molar-refractivity contribution in [3.8, 4) is 0 Å². The number of nitrogens with one attached hydrogen (secondary N) is 3. The van der Waals surface area contributed by atoms with Crippen molar-refractivity contribution in [3.05, 3.63) is 29.8 Å². The molecule has 2 fully saturated rings. The zero-order chi connectivity index (χ0) is 22.3. The van der Waals surface area contributed by atoms with Crippen molar-refractivity contribution in [2.24, 2.45) is 0 Å². The summed E-state index contributed by atoms with van der Waals surface area (Å²) in [5, 5.41) is 7.63. The van der Waals surface area contributed by atoms with Crippen LogP contribution in [0.2, 0.25) is 0 Å². The van der Waals surface area contributed by atoms with Crippen LogP contribution in [-0.2, 0) is 29.3 Å². The SMILES string of the molecule is CC[C@@]1(c2ccc(NC(=O)C(=O)NCCCN3CCOCC3)cc2)CCC(=O)NC1=O. The molecule has 1 aromatic carbocycles. The monoisotopic (exact) mass is 430 g/mol. The largest absolute Gasteiger partial charge is 0.379 e. The highest BCUT2D eigenvalue weighted by atomic mass is 16.5. The van der Waals surface area contributed by atoms with Crippen LogP contribution in [0.25, 0.3) is 0 Å². The molecular weight excluding hydrogens is 400 g/mol. The van der Waals surface area contributed by atoms with Crippen LogP contribution in [0.4, 0.5) is 5.69 Å². The maximum atomic E-state index is 12.5. The molecule has 9 heteroatoms. The van der Waals surface area contributed by atoms with Crippen molar-refractivity contribution >= 4 is 29.3 Å². The predicted molar refractivity (Wildman–Crippen MR) is 114 cm³/mol. The molecule has 2 heterocycles. The van der Waals surface area contributed by atoms with Crippen molar-refractivity contribution in [1.29, 1.82) is 0 Å². The fraction of sp³-hybridized carbons (Fsp3) is 0.545. The third kappa shape index (κ3) is 5.68. The van der Waals surface area contributed by atoms with Gasteiger partial charge in [0.1, 0.15) is 0 Å². The number of morpholine rings is 1. The number of hydrogen-bond donors (Lipinski definition) is 3. The van der Waals surface area contributed by atoms with Crippen molar-refractivity contribution in [2.75, 3.05) is 44.7 Å². The highest BCUT2D eigenvalue weighted by molar-refractivity contribution is 6.39. The Morgan fingerprint density at radius 1 is 1.13 bits per heavy atom. The second kappa shape index (κ2) is 10.5. The first-order valence-corrected chi connectivity index (χ1v) is 10.8. The summed E-state index contributed by atoms with van der Waals surface area (Å²) in [5.41, 5.74) is 0.496. The summed E-state index contributed by atoms with van der Waals surface area (Å²) in [6.07, 6.45) is 2.07. The first-order valence-electron chi connectivity index (χ1n) is 10.8. The van der Waals surface area contributed by atoms with Gasteiger partial charge in [-0.3, -0.25) is 29.4 Å². The van der Waals surface area contributed by atoms with Gasteiger partial charge in [0.2, 0.25) is 11.8 Å². The van der Waals surface area contributed by atoms with E-state index in [1.165, 1.54) is 0 Å². The van der Waals surface area contributed by atoms with E-state index in [9.17, 15) is 19.2 Å². The van der Waals surface area contributed by atoms with Crippen LogP contribution < -0.4 is 16.0 Å². The lowest BCUT2D eigenvalue weighted by Gasteiger charge is -2.35. The van der Waals surface area contributed by atoms with Gasteiger partial charge in [-0.05, 0) is 43.5 Å². The van der Waals surface area contributed by atoms with E-state index < -0.39 is 17.2 Å². The molecule has 2 saturated heterocycles. The van der Waals surface area contributed by atoms with E-state index in [1.54, 1.807) is 24.3 Å². The summed E-state index contributed by atoms with van der Waals surface area (Å²) < 4.78 is 5.30. The standard InChI is InChI=1S/C22H30N4O5/c1-2-22(9-8-18(27)25-21(22)30)16-4-6-17(7-5-16)24-20(29)19(28)23-10-3-11-26-12-14-31-15-13-26/h4-7H,2-3,8-15H2,1H3,(H,23,28)(H,24,29)(H,25,27,30)/t22-/m0/s1. The van der Waals surface area contributed by atoms with Crippen LogP contribution in [0.1, 0.15) is 38.2 Å². The average Bonchev–Trinajstić information content (AvgIpc) is 2.78. The Hall–Kier alpha value is -2.78. The van der Waals surface area contributed by atoms with Crippen LogP contribution >= 0.6 is 0 Å². The molecule has 0 aromatic heterocycles. The molecule has 0 unspecified atom stereocenters. The van der Waals surface area contributed by atoms with Gasteiger partial charge in [0.05, 0.1) is 18.6 Å². The maximum Gasteiger partial charge on any atom is 0.313 e. The molecule has 0 bridgehead atoms. The quantitative estimate of drug-likeness (QED) is 0.330. The van der Waals surface area contributed by atoms with Gasteiger partial charge in [0.15, 0.2) is 0 Å². The molecule has 0 spiro atoms. The minimum absolute atomic E-state index is 0.256. The predicted octanol–water partition coefficient (Wildman–Crippen LogP) is 0.548. The number of carbonyl (C=O) groups is 4. The Morgan fingerprint density at radius 3 is 2.48 bits per heavy atom. The Bertz CT molecular complexity index is 820. The number of carbonyl (C=O) groups excluding carboxylic acids is 4. The molecule has 4 amide bonds. The molecule has 3 N–H and O–H groups in total. The maximum absolute atomic E-state index is 12.5. The minimum atomic E-state index is -0.756. The molecule has 1 aromatic rings. The first-order chi connectivity index (χ1) is 14.9. The summed E-state index contributed by atoms with van der Waals surface area (Å²) in [7, 11) is 0. The summed E-state index contributed by atoms with van der Waals surface area (Å²) >= 11 is 0. The number of ether oxygens (including phenoxy) is 1. The molecular formula is C22H30N4O5. The normalized spacial score (nSPS) is 22.0. The number of amides is 4. The van der Waals surface area contributed by atoms with Gasteiger partial charge in [-0.15, -0.1) is 0 Å². The number of piperidine rings is 1. The fourth-order valence-electron chi connectivity index (χ4n) is 4.04. The van der Waals surface area contributed by atoms with Gasteiger partial charge in [-0.1, -0.05) is 19.1 Å². The Balaban J connectivity index is 1.48. The van der Waals surface area contributed by atoms with Crippen LogP contribution in [0.3, 0.4) is 0 Å². The zero-order valence-corrected chi connectivity index (χ0v) is 17.9. The molecule has 1 atom stereocenters. The van der Waals surface area contributed by atoms with Crippen molar-refractivity contribution in [1.82, 2.24) is 15.5 Å². The summed E-state index contributed by atoms with van der Waals surface area (Å²) in [5.74, 6) is -1.96. The van der Waals surface area contributed by atoms with E-state index in [0.717, 1.165) is 44.8 Å². The number of rotatable bonds is 7. The van der Waals surface area contributed by atoms with Crippen molar-refractivity contribution < 1.29 is 23.9 Å². The highest BCUT2D eigenvalue weighted by Gasteiger charge is 2.42. The Morgan fingerprint density at radius 2 is 1.84 bits per heavy atom. The van der Waals surface area contributed by atoms with Gasteiger partial charge < -0.3 is 15.4 Å². The molecule has 0 radical (unpaired) electrons. The van der Waals surface area contributed by atoms with E-state index in [2.05, 4.69) is 20.9 Å². The van der Waals surface area contributed by atoms with Gasteiger partial charge in [0.25, 0.3) is 0 Å². The summed E-state index contributed by atoms with van der Waals surface area (Å²) in [4.78, 5) is 50.4. The van der Waals surface area contributed by atoms with E-state index in [-0.39, 0.29) is 11.8 Å². The summed E-state index contributed by atoms with van der Waals surface area (Å²) in [6, 6.07) is 6.85. The molecule has 168 valence electrons. The summed E-state index contributed by atoms with van der Waals surface area (Å²) in [6.45, 7) is 6.43. The Labute approximate surface area is 181 Å². The Kier molecular flexibility index (Phi) is 7.75. The minimum Gasteiger partial charge on any atom is -0.379 e. The lowest BCUT2D eigenvalue weighted by molar-refractivity contribution is -0.138. The first kappa shape index (κ1) is 22.9. The lowest BCUT2D eigenvalue weighted by Crippen LogP contribution is -2.51. The third-order valence-corrected chi connectivity index (χ3v) is 6.01. The lowest BCUT2D eigenvalue weighted by atomic mass is 9.72. The molecule has 9 nitrogen and oxygen atoms in total. The molecule has 2 aliphatic rings. The fourth-order valence-corrected chi connectivity index (χ4v) is 4.04. The second-order valence-electron chi connectivity index (χ2n) is 7.91. The molecule has 31 heavy (non-hydrogen) atoms. The van der Waals surface area contributed by atoms with Crippen LogP contribution in [0, 0.1) is 0 Å². The molecule has 2 aliphatic heterocycles. The number of benzene rings is 1. The van der Waals surface area contributed by atoms with E-state index in [4.69, 9.17) is 4.74 Å². The van der Waals surface area contributed by atoms with Gasteiger partial charge in [0, 0.05) is 31.7 Å². The third-order valence-electron chi connectivity index (χ3n) is 6.01. The van der Waals surface area contributed by atoms with Gasteiger partial charge >= 0.3 is 11.8 Å². The van der Waals surface area contributed by atoms with Crippen molar-refractivity contribution in [3.63, 3.8) is 0 Å². The van der Waals surface area contributed by atoms with Gasteiger partial charge in [-0.2, -0.15) is 0 Å². The second-order valence-corrected chi connectivity index (χ2v) is 7.91. The number of anilines is 1. The number of hydrogen-bond acceptors (Lipinski definition) is 6. The zero-order valence-electron chi connectivity index (χ0n) is 17.9. The topological polar surface area (TPSA) is 117 Å². The molecule has 0 aliphatic carbocycles. The average molecular weight is 431 g/mol. The number of imide groups is 1. The highest BCUT2D eigenvalue weighted by Crippen LogP contribution is 2.36. The van der Waals surface area contributed by atoms with Crippen LogP contribution in [-0.4, -0.2) is 67.9 Å². The molecule has 0 saturated carbocycles.